The van der Waals surface area contributed by atoms with Gasteiger partial charge in [-0.25, -0.2) is 9.37 Å². The molecule has 0 bridgehead atoms. The second-order valence-electron chi connectivity index (χ2n) is 6.59. The molecule has 1 aromatic carbocycles. The standard InChI is InChI=1S/C19H19F2N5OS/c20-7-1-9-28-26-15-5-4-12(10-14(15)21)16-13-6-8-22-17(13)24-19(23-16)25-18(27)11-2-3-11/h4-6,8,10-11,26H,1-3,7,9H2,(H2,22,23,24,25,27). The van der Waals surface area contributed by atoms with Gasteiger partial charge in [0.05, 0.1) is 18.1 Å². The number of nitrogens with one attached hydrogen (secondary N) is 3. The molecule has 1 aliphatic rings. The zero-order valence-electron chi connectivity index (χ0n) is 15.0. The van der Waals surface area contributed by atoms with E-state index in [-0.39, 0.29) is 17.8 Å². The number of aromatic nitrogens is 3. The minimum Gasteiger partial charge on any atom is -0.346 e. The summed E-state index contributed by atoms with van der Waals surface area (Å²) in [4.78, 5) is 23.8. The number of alkyl halides is 1. The first-order valence-corrected chi connectivity index (χ1v) is 10.0. The lowest BCUT2D eigenvalue weighted by molar-refractivity contribution is -0.117. The number of amides is 1. The van der Waals surface area contributed by atoms with Crippen LogP contribution in [0.15, 0.2) is 30.5 Å². The van der Waals surface area contributed by atoms with Crippen LogP contribution in [0.5, 0.6) is 0 Å². The van der Waals surface area contributed by atoms with Crippen LogP contribution in [0, 0.1) is 11.7 Å². The second-order valence-corrected chi connectivity index (χ2v) is 7.49. The number of rotatable bonds is 8. The van der Waals surface area contributed by atoms with Crippen molar-refractivity contribution in [3.63, 3.8) is 0 Å². The number of nitrogens with zero attached hydrogens (tertiary/aromatic N) is 2. The molecule has 9 heteroatoms. The van der Waals surface area contributed by atoms with Crippen molar-refractivity contribution >= 4 is 40.5 Å². The maximum atomic E-state index is 14.5. The number of H-pyrrole nitrogens is 1. The first-order chi connectivity index (χ1) is 13.7. The molecule has 3 N–H and O–H groups in total. The maximum Gasteiger partial charge on any atom is 0.232 e. The van der Waals surface area contributed by atoms with E-state index in [1.165, 1.54) is 18.0 Å². The Kier molecular flexibility index (Phi) is 5.43. The van der Waals surface area contributed by atoms with E-state index in [9.17, 15) is 13.6 Å². The highest BCUT2D eigenvalue weighted by molar-refractivity contribution is 8.00. The minimum atomic E-state index is -0.434. The molecule has 1 fully saturated rings. The van der Waals surface area contributed by atoms with E-state index in [1.54, 1.807) is 18.3 Å². The van der Waals surface area contributed by atoms with Crippen LogP contribution in [0.4, 0.5) is 20.4 Å². The molecule has 1 aliphatic carbocycles. The van der Waals surface area contributed by atoms with Crippen LogP contribution in [0.25, 0.3) is 22.3 Å². The Morgan fingerprint density at radius 2 is 2.14 bits per heavy atom. The van der Waals surface area contributed by atoms with Crippen LogP contribution < -0.4 is 10.0 Å². The molecule has 1 amide bonds. The second kappa shape index (κ2) is 8.14. The van der Waals surface area contributed by atoms with Gasteiger partial charge in [0.15, 0.2) is 0 Å². The fourth-order valence-corrected chi connectivity index (χ4v) is 3.45. The van der Waals surface area contributed by atoms with Gasteiger partial charge >= 0.3 is 0 Å². The van der Waals surface area contributed by atoms with Gasteiger partial charge in [-0.2, -0.15) is 4.98 Å². The average Bonchev–Trinajstić information content (AvgIpc) is 3.44. The monoisotopic (exact) mass is 403 g/mol. The number of hydrogen-bond donors (Lipinski definition) is 3. The summed E-state index contributed by atoms with van der Waals surface area (Å²) in [6.45, 7) is -0.393. The van der Waals surface area contributed by atoms with E-state index >= 15 is 0 Å². The number of fused-ring (bicyclic) bond motifs is 1. The van der Waals surface area contributed by atoms with Gasteiger partial charge in [-0.15, -0.1) is 0 Å². The molecule has 0 unspecified atom stereocenters. The normalized spacial score (nSPS) is 13.6. The Balaban J connectivity index is 1.61. The molecule has 0 spiro atoms. The number of halogens is 2. The summed E-state index contributed by atoms with van der Waals surface area (Å²) in [5, 5.41) is 3.48. The van der Waals surface area contributed by atoms with E-state index in [2.05, 4.69) is 25.0 Å². The topological polar surface area (TPSA) is 82.7 Å². The Hall–Kier alpha value is -2.68. The summed E-state index contributed by atoms with van der Waals surface area (Å²) in [7, 11) is 0. The molecular weight excluding hydrogens is 384 g/mol. The lowest BCUT2D eigenvalue weighted by Gasteiger charge is -2.10. The van der Waals surface area contributed by atoms with Crippen molar-refractivity contribution in [3.05, 3.63) is 36.3 Å². The molecule has 0 radical (unpaired) electrons. The maximum absolute atomic E-state index is 14.5. The molecule has 0 aliphatic heterocycles. The molecule has 2 aromatic heterocycles. The quantitative estimate of drug-likeness (QED) is 0.380. The minimum absolute atomic E-state index is 0.0316. The number of aromatic amines is 1. The smallest absolute Gasteiger partial charge is 0.232 e. The Morgan fingerprint density at radius 3 is 2.89 bits per heavy atom. The fourth-order valence-electron chi connectivity index (χ4n) is 2.78. The first-order valence-electron chi connectivity index (χ1n) is 9.05. The van der Waals surface area contributed by atoms with Crippen LogP contribution in [-0.2, 0) is 4.79 Å². The number of benzene rings is 1. The third-order valence-corrected chi connectivity index (χ3v) is 5.26. The van der Waals surface area contributed by atoms with Crippen LogP contribution in [0.1, 0.15) is 19.3 Å². The van der Waals surface area contributed by atoms with Crippen molar-refractivity contribution in [1.82, 2.24) is 15.0 Å². The summed E-state index contributed by atoms with van der Waals surface area (Å²) in [6, 6.07) is 6.58. The third-order valence-electron chi connectivity index (χ3n) is 4.40. The Bertz CT molecular complexity index is 1010. The average molecular weight is 403 g/mol. The van der Waals surface area contributed by atoms with Crippen LogP contribution in [-0.4, -0.2) is 33.3 Å². The summed E-state index contributed by atoms with van der Waals surface area (Å²) in [6.07, 6.45) is 3.90. The van der Waals surface area contributed by atoms with Crippen LogP contribution >= 0.6 is 11.9 Å². The number of anilines is 2. The number of carbonyl (C=O) groups is 1. The summed E-state index contributed by atoms with van der Waals surface area (Å²) < 4.78 is 29.6. The third kappa shape index (κ3) is 4.09. The van der Waals surface area contributed by atoms with Crippen molar-refractivity contribution in [3.8, 4) is 11.3 Å². The molecule has 3 aromatic rings. The summed E-state index contributed by atoms with van der Waals surface area (Å²) in [5.41, 5.74) is 2.01. The highest BCUT2D eigenvalue weighted by Gasteiger charge is 2.30. The van der Waals surface area contributed by atoms with Gasteiger partial charge in [0.25, 0.3) is 0 Å². The van der Waals surface area contributed by atoms with Crippen molar-refractivity contribution in [2.24, 2.45) is 5.92 Å². The van der Waals surface area contributed by atoms with Crippen LogP contribution in [0.2, 0.25) is 0 Å². The SMILES string of the molecule is O=C(Nc1nc(-c2ccc(NSCCCF)c(F)c2)c2cc[nH]c2n1)C1CC1. The van der Waals surface area contributed by atoms with Crippen molar-refractivity contribution in [1.29, 1.82) is 0 Å². The van der Waals surface area contributed by atoms with Gasteiger partial charge in [0.1, 0.15) is 11.5 Å². The van der Waals surface area contributed by atoms with E-state index in [4.69, 9.17) is 0 Å². The molecule has 146 valence electrons. The largest absolute Gasteiger partial charge is 0.346 e. The molecule has 28 heavy (non-hydrogen) atoms. The molecule has 4 rings (SSSR count). The lowest BCUT2D eigenvalue weighted by atomic mass is 10.1. The summed E-state index contributed by atoms with van der Waals surface area (Å²) >= 11 is 1.26. The number of carbonyl (C=O) groups excluding carboxylic acids is 1. The fraction of sp³-hybridized carbons (Fsp3) is 0.316. The van der Waals surface area contributed by atoms with Gasteiger partial charge in [-0.1, -0.05) is 18.0 Å². The number of hydrogen-bond acceptors (Lipinski definition) is 5. The summed E-state index contributed by atoms with van der Waals surface area (Å²) in [5.74, 6) is 0.261. The van der Waals surface area contributed by atoms with Crippen molar-refractivity contribution in [2.45, 2.75) is 19.3 Å². The van der Waals surface area contributed by atoms with Crippen LogP contribution in [0.3, 0.4) is 0 Å². The van der Waals surface area contributed by atoms with Gasteiger partial charge < -0.3 is 9.71 Å². The van der Waals surface area contributed by atoms with E-state index in [1.807, 2.05) is 6.07 Å². The van der Waals surface area contributed by atoms with Gasteiger partial charge in [0.2, 0.25) is 11.9 Å². The molecule has 2 heterocycles. The van der Waals surface area contributed by atoms with E-state index < -0.39 is 12.5 Å². The van der Waals surface area contributed by atoms with E-state index in [0.29, 0.717) is 34.8 Å². The first kappa shape index (κ1) is 18.7. The highest BCUT2D eigenvalue weighted by atomic mass is 32.2. The molecule has 1 saturated carbocycles. The predicted molar refractivity (Wildman–Crippen MR) is 107 cm³/mol. The van der Waals surface area contributed by atoms with Gasteiger partial charge in [-0.05, 0) is 37.5 Å². The van der Waals surface area contributed by atoms with E-state index in [0.717, 1.165) is 18.2 Å². The Labute approximate surface area is 164 Å². The molecule has 6 nitrogen and oxygen atoms in total. The highest BCUT2D eigenvalue weighted by Crippen LogP contribution is 2.32. The van der Waals surface area contributed by atoms with Crippen molar-refractivity contribution < 1.29 is 13.6 Å². The molecular formula is C19H19F2N5OS. The zero-order chi connectivity index (χ0) is 19.5. The van der Waals surface area contributed by atoms with Gasteiger partial charge in [-0.3, -0.25) is 14.5 Å². The molecule has 0 atom stereocenters. The Morgan fingerprint density at radius 1 is 1.29 bits per heavy atom. The predicted octanol–water partition coefficient (Wildman–Crippen LogP) is 4.53. The molecule has 0 saturated heterocycles. The van der Waals surface area contributed by atoms with Gasteiger partial charge in [0, 0.05) is 28.8 Å². The zero-order valence-corrected chi connectivity index (χ0v) is 15.8. The lowest BCUT2D eigenvalue weighted by Crippen LogP contribution is -2.15. The van der Waals surface area contributed by atoms with Crippen molar-refractivity contribution in [2.75, 3.05) is 22.5 Å².